The molecule has 0 spiro atoms. The van der Waals surface area contributed by atoms with Gasteiger partial charge in [0.05, 0.1) is 18.7 Å². The number of aromatic nitrogens is 1. The van der Waals surface area contributed by atoms with Crippen LogP contribution >= 0.6 is 11.6 Å². The number of hydrogen-bond donors (Lipinski definition) is 1. The van der Waals surface area contributed by atoms with Gasteiger partial charge in [-0.25, -0.2) is 9.78 Å². The summed E-state index contributed by atoms with van der Waals surface area (Å²) in [5.74, 6) is -0.783. The van der Waals surface area contributed by atoms with Crippen LogP contribution in [0.3, 0.4) is 0 Å². The van der Waals surface area contributed by atoms with Crippen molar-refractivity contribution in [1.29, 1.82) is 0 Å². The summed E-state index contributed by atoms with van der Waals surface area (Å²) < 4.78 is 27.6. The summed E-state index contributed by atoms with van der Waals surface area (Å²) in [6.45, 7) is 10.5. The summed E-state index contributed by atoms with van der Waals surface area (Å²) in [4.78, 5) is 41.4. The number of carbonyl (C=O) groups is 3. The normalized spacial score (nSPS) is 13.2. The highest BCUT2D eigenvalue weighted by atomic mass is 35.5. The van der Waals surface area contributed by atoms with E-state index in [1.54, 1.807) is 32.0 Å². The van der Waals surface area contributed by atoms with Gasteiger partial charge in [-0.05, 0) is 45.2 Å². The number of nitrogens with one attached hydrogen (secondary N) is 1. The van der Waals surface area contributed by atoms with Crippen molar-refractivity contribution in [1.82, 2.24) is 10.3 Å². The minimum absolute atomic E-state index is 0.128. The Labute approximate surface area is 227 Å². The van der Waals surface area contributed by atoms with Gasteiger partial charge in [0.15, 0.2) is 11.4 Å². The molecule has 0 aliphatic heterocycles. The number of rotatable bonds is 13. The van der Waals surface area contributed by atoms with Crippen LogP contribution in [0, 0.1) is 5.92 Å². The number of ether oxygens (including phenoxy) is 5. The minimum Gasteiger partial charge on any atom is -0.495 e. The lowest BCUT2D eigenvalue weighted by Crippen LogP contribution is -2.43. The first-order valence-corrected chi connectivity index (χ1v) is 12.7. The summed E-state index contributed by atoms with van der Waals surface area (Å²) in [6, 6.07) is 5.47. The smallest absolute Gasteiger partial charge is 0.328 e. The van der Waals surface area contributed by atoms with Gasteiger partial charge < -0.3 is 29.0 Å². The Balaban J connectivity index is 2.13. The van der Waals surface area contributed by atoms with Gasteiger partial charge in [0.2, 0.25) is 5.75 Å². The molecule has 2 aromatic rings. The van der Waals surface area contributed by atoms with Gasteiger partial charge in [0.25, 0.3) is 5.91 Å². The second-order valence-corrected chi connectivity index (χ2v) is 9.34. The molecule has 0 saturated carbocycles. The number of nitrogens with zero attached hydrogens (tertiary/aromatic N) is 1. The number of pyridine rings is 1. The van der Waals surface area contributed by atoms with E-state index in [4.69, 9.17) is 35.3 Å². The van der Waals surface area contributed by atoms with E-state index in [9.17, 15) is 14.4 Å². The molecule has 0 saturated heterocycles. The van der Waals surface area contributed by atoms with Gasteiger partial charge in [-0.3, -0.25) is 9.59 Å². The van der Waals surface area contributed by atoms with Crippen LogP contribution in [0.25, 0.3) is 0 Å². The van der Waals surface area contributed by atoms with Gasteiger partial charge in [-0.15, -0.1) is 0 Å². The second kappa shape index (κ2) is 14.4. The van der Waals surface area contributed by atoms with Crippen molar-refractivity contribution in [2.75, 3.05) is 13.7 Å². The molecule has 2 rings (SSSR count). The Hall–Kier alpha value is -3.53. The predicted octanol–water partition coefficient (Wildman–Crippen LogP) is 4.61. The molecule has 0 radical (unpaired) electrons. The third-order valence-electron chi connectivity index (χ3n) is 5.27. The third kappa shape index (κ3) is 8.79. The van der Waals surface area contributed by atoms with Crippen molar-refractivity contribution >= 4 is 29.4 Å². The highest BCUT2D eigenvalue weighted by molar-refractivity contribution is 6.32. The lowest BCUT2D eigenvalue weighted by atomic mass is 10.0. The largest absolute Gasteiger partial charge is 0.495 e. The van der Waals surface area contributed by atoms with Gasteiger partial charge >= 0.3 is 11.9 Å². The van der Waals surface area contributed by atoms with Crippen LogP contribution in [0.2, 0.25) is 5.02 Å². The quantitative estimate of drug-likeness (QED) is 0.356. The molecule has 1 aromatic carbocycles. The van der Waals surface area contributed by atoms with E-state index in [-0.39, 0.29) is 29.7 Å². The van der Waals surface area contributed by atoms with Crippen LogP contribution in [-0.4, -0.2) is 54.8 Å². The molecule has 3 atom stereocenters. The first kappa shape index (κ1) is 30.7. The Kier molecular flexibility index (Phi) is 11.6. The summed E-state index contributed by atoms with van der Waals surface area (Å²) >= 11 is 6.11. The molecule has 0 aliphatic rings. The topological polar surface area (TPSA) is 122 Å². The summed E-state index contributed by atoms with van der Waals surface area (Å²) in [5.41, 5.74) is -0.198. The van der Waals surface area contributed by atoms with Gasteiger partial charge in [-0.1, -0.05) is 25.4 Å². The molecular formula is C27H35ClN2O8. The molecule has 0 fully saturated rings. The van der Waals surface area contributed by atoms with Crippen molar-refractivity contribution in [3.63, 3.8) is 0 Å². The van der Waals surface area contributed by atoms with E-state index in [0.717, 1.165) is 0 Å². The maximum Gasteiger partial charge on any atom is 0.328 e. The number of carbonyl (C=O) groups excluding carboxylic acids is 3. The van der Waals surface area contributed by atoms with Crippen molar-refractivity contribution in [3.05, 3.63) is 41.2 Å². The van der Waals surface area contributed by atoms with E-state index in [2.05, 4.69) is 10.3 Å². The zero-order valence-corrected chi connectivity index (χ0v) is 23.5. The molecule has 1 N–H and O–H groups in total. The fourth-order valence-corrected chi connectivity index (χ4v) is 3.67. The molecule has 11 heteroatoms. The molecule has 0 unspecified atom stereocenters. The monoisotopic (exact) mass is 550 g/mol. The molecule has 38 heavy (non-hydrogen) atoms. The van der Waals surface area contributed by atoms with Crippen molar-refractivity contribution in [3.8, 4) is 23.0 Å². The Morgan fingerprint density at radius 3 is 2.39 bits per heavy atom. The zero-order chi connectivity index (χ0) is 28.4. The predicted molar refractivity (Wildman–Crippen MR) is 141 cm³/mol. The number of benzene rings is 1. The number of esters is 2. The molecule has 0 bridgehead atoms. The second-order valence-electron chi connectivity index (χ2n) is 8.93. The lowest BCUT2D eigenvalue weighted by molar-refractivity contribution is -0.155. The van der Waals surface area contributed by atoms with E-state index >= 15 is 0 Å². The van der Waals surface area contributed by atoms with Crippen LogP contribution in [0.5, 0.6) is 23.0 Å². The molecule has 1 amide bonds. The van der Waals surface area contributed by atoms with E-state index < -0.39 is 36.1 Å². The van der Waals surface area contributed by atoms with E-state index in [0.29, 0.717) is 22.9 Å². The number of amides is 1. The lowest BCUT2D eigenvalue weighted by Gasteiger charge is -2.28. The molecular weight excluding hydrogens is 516 g/mol. The van der Waals surface area contributed by atoms with Crippen molar-refractivity contribution in [2.24, 2.45) is 5.92 Å². The molecule has 10 nitrogen and oxygen atoms in total. The number of hydrogen-bond acceptors (Lipinski definition) is 9. The van der Waals surface area contributed by atoms with Crippen LogP contribution in [0.4, 0.5) is 0 Å². The first-order chi connectivity index (χ1) is 18.0. The van der Waals surface area contributed by atoms with Crippen LogP contribution in [0.15, 0.2) is 30.5 Å². The van der Waals surface area contributed by atoms with Gasteiger partial charge in [0.1, 0.15) is 29.7 Å². The summed E-state index contributed by atoms with van der Waals surface area (Å²) in [7, 11) is 1.51. The van der Waals surface area contributed by atoms with Crippen molar-refractivity contribution in [2.45, 2.75) is 66.2 Å². The molecule has 0 aliphatic carbocycles. The SMILES string of the molecule is CCOc1ccnc(C(=O)N[C@@H](C)C(=O)O[C@@H](C)[C@@H](CC(C)C)Oc2ccc(Cl)c(OC)c2)c1OC(C)=O. The van der Waals surface area contributed by atoms with Crippen LogP contribution in [0.1, 0.15) is 58.5 Å². The molecule has 1 aromatic heterocycles. The number of methoxy groups -OCH3 is 1. The highest BCUT2D eigenvalue weighted by Gasteiger charge is 2.29. The maximum absolute atomic E-state index is 12.9. The molecule has 208 valence electrons. The Morgan fingerprint density at radius 2 is 1.79 bits per heavy atom. The zero-order valence-electron chi connectivity index (χ0n) is 22.7. The third-order valence-corrected chi connectivity index (χ3v) is 5.58. The van der Waals surface area contributed by atoms with E-state index in [1.165, 1.54) is 33.2 Å². The van der Waals surface area contributed by atoms with E-state index in [1.807, 2.05) is 13.8 Å². The standard InChI is InChI=1S/C27H35ClN2O8/c1-8-35-21-11-12-29-24(25(21)37-18(6)31)26(32)30-16(4)27(33)36-17(5)22(13-15(2)3)38-19-9-10-20(28)23(14-19)34-7/h9-12,14-17,22H,8,13H2,1-7H3,(H,30,32)/t16-,17-,22+/m0/s1. The van der Waals surface area contributed by atoms with Crippen molar-refractivity contribution < 1.29 is 38.1 Å². The maximum atomic E-state index is 12.9. The fraction of sp³-hybridized carbons (Fsp3) is 0.481. The summed E-state index contributed by atoms with van der Waals surface area (Å²) in [5, 5.41) is 2.99. The fourth-order valence-electron chi connectivity index (χ4n) is 3.48. The Bertz CT molecular complexity index is 1120. The van der Waals surface area contributed by atoms with Gasteiger partial charge in [-0.2, -0.15) is 0 Å². The average Bonchev–Trinajstić information content (AvgIpc) is 2.85. The highest BCUT2D eigenvalue weighted by Crippen LogP contribution is 2.31. The minimum atomic E-state index is -1.04. The van der Waals surface area contributed by atoms with Crippen LogP contribution in [-0.2, 0) is 14.3 Å². The summed E-state index contributed by atoms with van der Waals surface area (Å²) in [6.07, 6.45) is 0.812. The molecule has 1 heterocycles. The Morgan fingerprint density at radius 1 is 1.08 bits per heavy atom. The average molecular weight is 551 g/mol. The van der Waals surface area contributed by atoms with Gasteiger partial charge in [0, 0.05) is 25.3 Å². The first-order valence-electron chi connectivity index (χ1n) is 12.3. The number of halogens is 1. The van der Waals surface area contributed by atoms with Crippen LogP contribution < -0.4 is 24.3 Å².